The van der Waals surface area contributed by atoms with Gasteiger partial charge in [-0.25, -0.2) is 0 Å². The lowest BCUT2D eigenvalue weighted by atomic mass is 9.85. The Morgan fingerprint density at radius 3 is 1.36 bits per heavy atom. The summed E-state index contributed by atoms with van der Waals surface area (Å²) in [4.78, 5) is 0. The second kappa shape index (κ2) is 13.1. The van der Waals surface area contributed by atoms with Crippen LogP contribution in [0, 0.1) is 0 Å². The normalized spacial score (nSPS) is 11.9. The second-order valence-corrected chi connectivity index (χ2v) is 18.4. The molecule has 0 atom stereocenters. The summed E-state index contributed by atoms with van der Waals surface area (Å²) in [5, 5.41) is 15.1. The van der Waals surface area contributed by atoms with Crippen molar-refractivity contribution in [3.63, 3.8) is 0 Å². The molecule has 0 amide bonds. The largest absolute Gasteiger partial charge is 0.456 e. The van der Waals surface area contributed by atoms with Crippen molar-refractivity contribution in [2.24, 2.45) is 0 Å². The van der Waals surface area contributed by atoms with Crippen LogP contribution in [0.5, 0.6) is 0 Å². The summed E-state index contributed by atoms with van der Waals surface area (Å²) in [6.07, 6.45) is 0. The van der Waals surface area contributed by atoms with Crippen LogP contribution < -0.4 is 20.7 Å². The minimum absolute atomic E-state index is 0.902. The topological polar surface area (TPSA) is 13.1 Å². The van der Waals surface area contributed by atoms with E-state index in [9.17, 15) is 0 Å². The van der Waals surface area contributed by atoms with E-state index in [1.54, 1.807) is 0 Å². The van der Waals surface area contributed by atoms with Crippen molar-refractivity contribution >= 4 is 83.1 Å². The predicted octanol–water partition coefficient (Wildman–Crippen LogP) is 11.8. The Morgan fingerprint density at radius 2 is 0.786 bits per heavy atom. The van der Waals surface area contributed by atoms with E-state index in [0.29, 0.717) is 0 Å². The van der Waals surface area contributed by atoms with E-state index in [0.717, 1.165) is 16.6 Å². The molecule has 0 fully saturated rings. The minimum atomic E-state index is -3.12. The summed E-state index contributed by atoms with van der Waals surface area (Å²) in [6.45, 7) is 0. The molecule has 11 rings (SSSR count). The quantitative estimate of drug-likeness (QED) is 0.0944. The molecular weight excluding hydrogens is 693 g/mol. The predicted molar refractivity (Wildman–Crippen MR) is 241 cm³/mol. The lowest BCUT2D eigenvalue weighted by Gasteiger charge is -2.37. The van der Waals surface area contributed by atoms with Gasteiger partial charge in [0.05, 0.1) is 0 Å². The summed E-state index contributed by atoms with van der Waals surface area (Å²) in [7, 11) is -3.12. The van der Waals surface area contributed by atoms with Crippen molar-refractivity contribution in [2.75, 3.05) is 0 Å². The highest BCUT2D eigenvalue weighted by molar-refractivity contribution is 7.21. The highest BCUT2D eigenvalue weighted by atomic mass is 28.3. The van der Waals surface area contributed by atoms with Crippen molar-refractivity contribution in [3.8, 4) is 22.3 Å². The first-order valence-electron chi connectivity index (χ1n) is 19.3. The van der Waals surface area contributed by atoms with Crippen LogP contribution in [-0.4, -0.2) is 8.07 Å². The maximum absolute atomic E-state index is 6.80. The van der Waals surface area contributed by atoms with Crippen LogP contribution in [0.1, 0.15) is 0 Å². The van der Waals surface area contributed by atoms with Crippen LogP contribution in [0.25, 0.3) is 76.5 Å². The summed E-state index contributed by atoms with van der Waals surface area (Å²) >= 11 is 0. The minimum Gasteiger partial charge on any atom is -0.456 e. The smallest absolute Gasteiger partial charge is 0.181 e. The third kappa shape index (κ3) is 4.86. The molecule has 1 heterocycles. The van der Waals surface area contributed by atoms with Gasteiger partial charge in [0.15, 0.2) is 8.07 Å². The third-order valence-electron chi connectivity index (χ3n) is 11.8. The average Bonchev–Trinajstić information content (AvgIpc) is 3.66. The van der Waals surface area contributed by atoms with Crippen molar-refractivity contribution in [1.82, 2.24) is 0 Å². The molecule has 0 saturated carbocycles. The SMILES string of the molecule is c1ccc([Si](c2ccccc2)(c2ccccc2)c2c(-c3c4ccccc4c(-c4ccc5ccccc5c4)c4ccccc34)ccc3oc4ccccc4c23)cc1. The summed E-state index contributed by atoms with van der Waals surface area (Å²) in [5.41, 5.74) is 6.79. The summed E-state index contributed by atoms with van der Waals surface area (Å²) in [5.74, 6) is 0. The molecule has 0 aliphatic carbocycles. The molecule has 0 aliphatic rings. The molecule has 262 valence electrons. The number of fused-ring (bicyclic) bond motifs is 6. The third-order valence-corrected chi connectivity index (χ3v) is 16.6. The Hall–Kier alpha value is -7.00. The highest BCUT2D eigenvalue weighted by Crippen LogP contribution is 2.45. The number of hydrogen-bond donors (Lipinski definition) is 0. The first kappa shape index (κ1) is 32.4. The first-order valence-corrected chi connectivity index (χ1v) is 21.3. The molecule has 11 aromatic rings. The van der Waals surface area contributed by atoms with Crippen LogP contribution >= 0.6 is 0 Å². The number of para-hydroxylation sites is 1. The van der Waals surface area contributed by atoms with Crippen LogP contribution in [0.15, 0.2) is 223 Å². The lowest BCUT2D eigenvalue weighted by Crippen LogP contribution is -2.75. The van der Waals surface area contributed by atoms with Gasteiger partial charge in [-0.3, -0.25) is 0 Å². The fourth-order valence-electron chi connectivity index (χ4n) is 9.49. The Labute approximate surface area is 326 Å². The zero-order valence-electron chi connectivity index (χ0n) is 30.7. The fourth-order valence-corrected chi connectivity index (χ4v) is 14.7. The Morgan fingerprint density at radius 1 is 0.321 bits per heavy atom. The Balaban J connectivity index is 1.37. The van der Waals surface area contributed by atoms with Gasteiger partial charge in [-0.15, -0.1) is 0 Å². The Kier molecular flexibility index (Phi) is 7.58. The van der Waals surface area contributed by atoms with Crippen molar-refractivity contribution < 1.29 is 4.42 Å². The molecule has 1 nitrogen and oxygen atoms in total. The van der Waals surface area contributed by atoms with Crippen molar-refractivity contribution in [3.05, 3.63) is 218 Å². The zero-order chi connectivity index (χ0) is 37.1. The average molecular weight is 729 g/mol. The van der Waals surface area contributed by atoms with Crippen LogP contribution in [0.2, 0.25) is 0 Å². The molecular formula is C54H36OSi. The van der Waals surface area contributed by atoms with Crippen molar-refractivity contribution in [2.45, 2.75) is 0 Å². The maximum atomic E-state index is 6.80. The molecule has 0 N–H and O–H groups in total. The van der Waals surface area contributed by atoms with E-state index in [4.69, 9.17) is 4.42 Å². The van der Waals surface area contributed by atoms with E-state index in [-0.39, 0.29) is 0 Å². The van der Waals surface area contributed by atoms with E-state index < -0.39 is 8.07 Å². The highest BCUT2D eigenvalue weighted by Gasteiger charge is 2.45. The van der Waals surface area contributed by atoms with Gasteiger partial charge in [-0.2, -0.15) is 0 Å². The van der Waals surface area contributed by atoms with Gasteiger partial charge in [0.2, 0.25) is 0 Å². The molecule has 0 unspecified atom stereocenters. The van der Waals surface area contributed by atoms with Gasteiger partial charge < -0.3 is 4.42 Å². The molecule has 10 aromatic carbocycles. The lowest BCUT2D eigenvalue weighted by molar-refractivity contribution is 0.669. The van der Waals surface area contributed by atoms with Gasteiger partial charge in [0, 0.05) is 10.8 Å². The van der Waals surface area contributed by atoms with Crippen LogP contribution in [0.3, 0.4) is 0 Å². The number of benzene rings is 10. The summed E-state index contributed by atoms with van der Waals surface area (Å²) < 4.78 is 6.80. The number of rotatable bonds is 6. The standard InChI is InChI=1S/C54H36OSi/c1-4-20-40(21-5-1)56(41-22-6-2-7-23-41,42-24-8-3-9-25-42)54-48(34-35-50-53(54)47-30-16-17-31-49(47)55-50)52-45-28-14-12-26-43(45)51(44-27-13-15-29-46(44)52)39-33-32-37-18-10-11-19-38(37)36-39/h1-36H. The van der Waals surface area contributed by atoms with E-state index in [1.807, 2.05) is 0 Å². The first-order chi connectivity index (χ1) is 27.8. The van der Waals surface area contributed by atoms with E-state index in [2.05, 4.69) is 218 Å². The number of hydrogen-bond acceptors (Lipinski definition) is 1. The zero-order valence-corrected chi connectivity index (χ0v) is 31.7. The van der Waals surface area contributed by atoms with Gasteiger partial charge in [0.1, 0.15) is 11.2 Å². The molecule has 0 radical (unpaired) electrons. The summed E-state index contributed by atoms with van der Waals surface area (Å²) in [6, 6.07) is 80.6. The Bertz CT molecular complexity index is 3080. The molecule has 1 aromatic heterocycles. The molecule has 56 heavy (non-hydrogen) atoms. The van der Waals surface area contributed by atoms with Gasteiger partial charge in [-0.1, -0.05) is 200 Å². The number of furan rings is 1. The van der Waals surface area contributed by atoms with Gasteiger partial charge >= 0.3 is 0 Å². The van der Waals surface area contributed by atoms with E-state index >= 15 is 0 Å². The van der Waals surface area contributed by atoms with Crippen molar-refractivity contribution in [1.29, 1.82) is 0 Å². The van der Waals surface area contributed by atoms with Crippen LogP contribution in [0.4, 0.5) is 0 Å². The monoisotopic (exact) mass is 728 g/mol. The second-order valence-electron chi connectivity index (χ2n) is 14.7. The van der Waals surface area contributed by atoms with Gasteiger partial charge in [-0.05, 0) is 93.5 Å². The van der Waals surface area contributed by atoms with Crippen LogP contribution in [-0.2, 0) is 0 Å². The fraction of sp³-hybridized carbons (Fsp3) is 0. The molecule has 0 aliphatic heterocycles. The molecule has 0 bridgehead atoms. The molecule has 0 spiro atoms. The molecule has 2 heteroatoms. The molecule has 0 saturated heterocycles. The van der Waals surface area contributed by atoms with E-state index in [1.165, 1.54) is 80.7 Å². The maximum Gasteiger partial charge on any atom is 0.181 e. The van der Waals surface area contributed by atoms with Gasteiger partial charge in [0.25, 0.3) is 0 Å².